The van der Waals surface area contributed by atoms with Gasteiger partial charge in [0.2, 0.25) is 0 Å². The summed E-state index contributed by atoms with van der Waals surface area (Å²) in [5.41, 5.74) is 0.471. The van der Waals surface area contributed by atoms with Crippen LogP contribution in [-0.2, 0) is 4.79 Å². The lowest BCUT2D eigenvalue weighted by Crippen LogP contribution is -2.58. The van der Waals surface area contributed by atoms with E-state index in [1.54, 1.807) is 0 Å². The first-order chi connectivity index (χ1) is 11.3. The number of benzene rings is 1. The molecule has 0 bridgehead atoms. The maximum absolute atomic E-state index is 13.0. The Morgan fingerprint density at radius 3 is 2.20 bits per heavy atom. The topological polar surface area (TPSA) is 59.9 Å². The summed E-state index contributed by atoms with van der Waals surface area (Å²) in [6.07, 6.45) is -5.91. The van der Waals surface area contributed by atoms with E-state index in [4.69, 9.17) is 9.47 Å². The van der Waals surface area contributed by atoms with Gasteiger partial charge in [-0.3, -0.25) is 4.79 Å². The predicted octanol–water partition coefficient (Wildman–Crippen LogP) is 3.33. The molecular formula is C13H11F7N2O3. The standard InChI is InChI=1S/C13H11F7N2O3/c1-7(23)25-9-4-3-8(5-10(9)24-2)6-21-22-13(19,20)11(14,15)12(16,17)18/h3-6,22H,1-2H3/b21-6+. The highest BCUT2D eigenvalue weighted by Gasteiger charge is 2.73. The van der Waals surface area contributed by atoms with Crippen LogP contribution in [0.2, 0.25) is 0 Å². The van der Waals surface area contributed by atoms with Gasteiger partial charge in [-0.1, -0.05) is 0 Å². The number of halogens is 7. The van der Waals surface area contributed by atoms with Crippen LogP contribution in [0.5, 0.6) is 11.5 Å². The van der Waals surface area contributed by atoms with E-state index in [0.717, 1.165) is 13.0 Å². The molecule has 0 fully saturated rings. The van der Waals surface area contributed by atoms with Gasteiger partial charge in [0.1, 0.15) is 0 Å². The highest BCUT2D eigenvalue weighted by atomic mass is 19.4. The number of rotatable bonds is 6. The number of hydrogen-bond acceptors (Lipinski definition) is 5. The van der Waals surface area contributed by atoms with E-state index in [1.165, 1.54) is 19.2 Å². The van der Waals surface area contributed by atoms with Crippen molar-refractivity contribution in [3.63, 3.8) is 0 Å². The summed E-state index contributed by atoms with van der Waals surface area (Å²) in [6.45, 7) is 1.11. The number of esters is 1. The smallest absolute Gasteiger partial charge is 0.462 e. The molecule has 12 heteroatoms. The number of ether oxygens (including phenoxy) is 2. The molecule has 0 atom stereocenters. The van der Waals surface area contributed by atoms with E-state index in [2.05, 4.69) is 5.10 Å². The average Bonchev–Trinajstić information content (AvgIpc) is 2.46. The van der Waals surface area contributed by atoms with E-state index >= 15 is 0 Å². The van der Waals surface area contributed by atoms with Crippen LogP contribution >= 0.6 is 0 Å². The molecule has 0 saturated carbocycles. The maximum atomic E-state index is 13.0. The van der Waals surface area contributed by atoms with E-state index in [-0.39, 0.29) is 17.1 Å². The van der Waals surface area contributed by atoms with Gasteiger partial charge < -0.3 is 9.47 Å². The van der Waals surface area contributed by atoms with Gasteiger partial charge in [0, 0.05) is 6.92 Å². The second-order valence-corrected chi connectivity index (χ2v) is 4.52. The maximum Gasteiger partial charge on any atom is 0.462 e. The number of carbonyl (C=O) groups excluding carboxylic acids is 1. The van der Waals surface area contributed by atoms with Crippen LogP contribution in [0.25, 0.3) is 0 Å². The number of carbonyl (C=O) groups is 1. The summed E-state index contributed by atoms with van der Waals surface area (Å²) >= 11 is 0. The molecule has 0 aliphatic carbocycles. The minimum atomic E-state index is -6.46. The summed E-state index contributed by atoms with van der Waals surface area (Å²) in [5.74, 6) is -7.04. The minimum absolute atomic E-state index is 0.00798. The van der Waals surface area contributed by atoms with Gasteiger partial charge in [0.15, 0.2) is 11.5 Å². The molecule has 1 aromatic rings. The second-order valence-electron chi connectivity index (χ2n) is 4.52. The third-order valence-electron chi connectivity index (χ3n) is 2.61. The fourth-order valence-electron chi connectivity index (χ4n) is 1.44. The largest absolute Gasteiger partial charge is 0.493 e. The monoisotopic (exact) mass is 376 g/mol. The van der Waals surface area contributed by atoms with Crippen molar-refractivity contribution >= 4 is 12.2 Å². The van der Waals surface area contributed by atoms with Crippen LogP contribution in [0.3, 0.4) is 0 Å². The Balaban J connectivity index is 2.94. The fourth-order valence-corrected chi connectivity index (χ4v) is 1.44. The first-order valence-electron chi connectivity index (χ1n) is 6.31. The number of alkyl halides is 7. The van der Waals surface area contributed by atoms with E-state index in [9.17, 15) is 35.5 Å². The molecule has 0 spiro atoms. The van der Waals surface area contributed by atoms with Gasteiger partial charge in [-0.15, -0.1) is 0 Å². The normalized spacial score (nSPS) is 13.0. The van der Waals surface area contributed by atoms with Crippen molar-refractivity contribution in [2.75, 3.05) is 7.11 Å². The molecule has 1 rings (SSSR count). The van der Waals surface area contributed by atoms with Crippen LogP contribution in [0, 0.1) is 0 Å². The van der Waals surface area contributed by atoms with E-state index in [0.29, 0.717) is 11.6 Å². The van der Waals surface area contributed by atoms with Crippen molar-refractivity contribution in [2.45, 2.75) is 25.1 Å². The Kier molecular flexibility index (Phi) is 5.87. The van der Waals surface area contributed by atoms with Crippen molar-refractivity contribution in [3.8, 4) is 11.5 Å². The van der Waals surface area contributed by atoms with Crippen LogP contribution in [0.4, 0.5) is 30.7 Å². The quantitative estimate of drug-likeness (QED) is 0.207. The zero-order valence-corrected chi connectivity index (χ0v) is 12.6. The molecule has 0 radical (unpaired) electrons. The highest BCUT2D eigenvalue weighted by Crippen LogP contribution is 2.45. The fraction of sp³-hybridized carbons (Fsp3) is 0.385. The third kappa shape index (κ3) is 4.73. The SMILES string of the molecule is COc1cc(/C=N/NC(F)(F)C(F)(F)C(F)(F)F)ccc1OC(C)=O. The summed E-state index contributed by atoms with van der Waals surface area (Å²) in [7, 11) is 1.19. The molecule has 1 N–H and O–H groups in total. The lowest BCUT2D eigenvalue weighted by Gasteiger charge is -2.27. The Morgan fingerprint density at radius 1 is 1.12 bits per heavy atom. The molecular weight excluding hydrogens is 365 g/mol. The zero-order valence-electron chi connectivity index (χ0n) is 12.6. The molecule has 0 amide bonds. The molecule has 0 unspecified atom stereocenters. The second kappa shape index (κ2) is 7.15. The highest BCUT2D eigenvalue weighted by molar-refractivity contribution is 5.81. The molecule has 0 aliphatic rings. The first kappa shape index (κ1) is 20.5. The summed E-state index contributed by atoms with van der Waals surface area (Å²) in [6, 6.07) is -2.18. The third-order valence-corrected chi connectivity index (χ3v) is 2.61. The summed E-state index contributed by atoms with van der Waals surface area (Å²) in [4.78, 5) is 10.9. The van der Waals surface area contributed by atoms with Crippen LogP contribution in [0.1, 0.15) is 12.5 Å². The number of nitrogens with zero attached hydrogens (tertiary/aromatic N) is 1. The van der Waals surface area contributed by atoms with Gasteiger partial charge in [0.25, 0.3) is 0 Å². The molecule has 0 aliphatic heterocycles. The lowest BCUT2D eigenvalue weighted by molar-refractivity contribution is -0.361. The van der Waals surface area contributed by atoms with Gasteiger partial charge in [-0.05, 0) is 23.8 Å². The van der Waals surface area contributed by atoms with Crippen LogP contribution < -0.4 is 14.9 Å². The van der Waals surface area contributed by atoms with Crippen molar-refractivity contribution in [1.82, 2.24) is 5.43 Å². The van der Waals surface area contributed by atoms with E-state index < -0.39 is 24.1 Å². The van der Waals surface area contributed by atoms with Gasteiger partial charge in [0.05, 0.1) is 13.3 Å². The Bertz CT molecular complexity index is 660. The Morgan fingerprint density at radius 2 is 1.72 bits per heavy atom. The number of hydrogen-bond donors (Lipinski definition) is 1. The number of nitrogens with one attached hydrogen (secondary N) is 1. The van der Waals surface area contributed by atoms with Crippen molar-refractivity contribution in [2.24, 2.45) is 5.10 Å². The number of methoxy groups -OCH3 is 1. The first-order valence-corrected chi connectivity index (χ1v) is 6.31. The van der Waals surface area contributed by atoms with Crippen molar-refractivity contribution < 1.29 is 45.0 Å². The van der Waals surface area contributed by atoms with Crippen LogP contribution in [-0.4, -0.2) is 37.4 Å². The lowest BCUT2D eigenvalue weighted by atomic mass is 10.2. The van der Waals surface area contributed by atoms with Crippen molar-refractivity contribution in [1.29, 1.82) is 0 Å². The molecule has 0 saturated heterocycles. The molecule has 0 heterocycles. The Hall–Kier alpha value is -2.53. The van der Waals surface area contributed by atoms with Gasteiger partial charge >= 0.3 is 24.1 Å². The molecule has 1 aromatic carbocycles. The van der Waals surface area contributed by atoms with Gasteiger partial charge in [-0.25, -0.2) is 5.43 Å². The van der Waals surface area contributed by atoms with Crippen LogP contribution in [0.15, 0.2) is 23.3 Å². The summed E-state index contributed by atoms with van der Waals surface area (Å²) in [5, 5.41) is 2.69. The molecule has 25 heavy (non-hydrogen) atoms. The average molecular weight is 376 g/mol. The minimum Gasteiger partial charge on any atom is -0.493 e. The zero-order chi connectivity index (χ0) is 19.5. The molecule has 0 aromatic heterocycles. The Labute approximate surface area is 136 Å². The number of hydrazone groups is 1. The van der Waals surface area contributed by atoms with Gasteiger partial charge in [-0.2, -0.15) is 35.8 Å². The predicted molar refractivity (Wildman–Crippen MR) is 71.0 cm³/mol. The molecule has 5 nitrogen and oxygen atoms in total. The van der Waals surface area contributed by atoms with E-state index in [1.807, 2.05) is 0 Å². The summed E-state index contributed by atoms with van der Waals surface area (Å²) < 4.78 is 96.7. The molecule has 140 valence electrons. The van der Waals surface area contributed by atoms with Crippen molar-refractivity contribution in [3.05, 3.63) is 23.8 Å².